The molecule has 1 unspecified atom stereocenters. The minimum Gasteiger partial charge on any atom is -0.447 e. The molecule has 2 atom stereocenters. The van der Waals surface area contributed by atoms with E-state index in [1.807, 2.05) is 0 Å². The number of amides is 3. The van der Waals surface area contributed by atoms with Gasteiger partial charge in [-0.2, -0.15) is 0 Å². The summed E-state index contributed by atoms with van der Waals surface area (Å²) in [6.45, 7) is -0.813. The fourth-order valence-electron chi connectivity index (χ4n) is 4.05. The average Bonchev–Trinajstić information content (AvgIpc) is 2.99. The normalized spacial score (nSPS) is 13.1. The van der Waals surface area contributed by atoms with E-state index in [9.17, 15) is 32.6 Å². The van der Waals surface area contributed by atoms with Crippen LogP contribution in [-0.4, -0.2) is 72.6 Å². The molecule has 3 N–H and O–H groups in total. The smallest absolute Gasteiger partial charge is 0.447 e. The predicted octanol–water partition coefficient (Wildman–Crippen LogP) is 4.83. The van der Waals surface area contributed by atoms with Gasteiger partial charge in [-0.05, 0) is 60.5 Å². The Morgan fingerprint density at radius 1 is 1.16 bits per heavy atom. The van der Waals surface area contributed by atoms with Crippen molar-refractivity contribution in [3.05, 3.63) is 70.9 Å². The second kappa shape index (κ2) is 16.4. The van der Waals surface area contributed by atoms with Crippen LogP contribution in [0.1, 0.15) is 24.8 Å². The third-order valence-electron chi connectivity index (χ3n) is 6.53. The zero-order valence-corrected chi connectivity index (χ0v) is 25.6. The van der Waals surface area contributed by atoms with Crippen LogP contribution in [0.5, 0.6) is 0 Å². The number of rotatable bonds is 15. The number of likely N-dealkylation sites (N-methyl/N-ethyl adjacent to an activating group) is 1. The molecule has 0 bridgehead atoms. The molecule has 2 aromatic carbocycles. The number of ether oxygens (including phenoxy) is 1. The lowest BCUT2D eigenvalue weighted by molar-refractivity contribution is -0.133. The van der Waals surface area contributed by atoms with Gasteiger partial charge < -0.3 is 19.8 Å². The summed E-state index contributed by atoms with van der Waals surface area (Å²) in [5.74, 6) is -1.90. The zero-order valence-electron chi connectivity index (χ0n) is 23.9. The molecule has 44 heavy (non-hydrogen) atoms. The van der Waals surface area contributed by atoms with E-state index >= 15 is 0 Å². The summed E-state index contributed by atoms with van der Waals surface area (Å²) in [6, 6.07) is 9.33. The first-order chi connectivity index (χ1) is 20.9. The van der Waals surface area contributed by atoms with Gasteiger partial charge in [-0.3, -0.25) is 24.0 Å². The molecule has 0 aliphatic rings. The highest BCUT2D eigenvalue weighted by molar-refractivity contribution is 7.47. The fourth-order valence-corrected chi connectivity index (χ4v) is 4.66. The lowest BCUT2D eigenvalue weighted by Crippen LogP contribution is -2.41. The van der Waals surface area contributed by atoms with Crippen molar-refractivity contribution in [1.82, 2.24) is 15.2 Å². The number of phosphoric acid groups is 1. The van der Waals surface area contributed by atoms with E-state index in [0.717, 1.165) is 7.11 Å². The van der Waals surface area contributed by atoms with Gasteiger partial charge >= 0.3 is 13.9 Å². The van der Waals surface area contributed by atoms with Gasteiger partial charge in [0.05, 0.1) is 11.1 Å². The maximum absolute atomic E-state index is 13.8. The van der Waals surface area contributed by atoms with Crippen molar-refractivity contribution in [3.8, 4) is 0 Å². The molecule has 0 saturated heterocycles. The fraction of sp³-hybridized carbons (Fsp3) is 0.357. The number of fused-ring (bicyclic) bond motifs is 1. The molecule has 1 heterocycles. The number of carbonyl (C=O) groups excluding carboxylic acids is 3. The number of nitrogens with zero attached hydrogens (tertiary/aromatic N) is 2. The van der Waals surface area contributed by atoms with E-state index in [4.69, 9.17) is 16.3 Å². The van der Waals surface area contributed by atoms with Crippen LogP contribution in [0.15, 0.2) is 48.7 Å². The lowest BCUT2D eigenvalue weighted by Gasteiger charge is -2.28. The Bertz CT molecular complexity index is 1530. The van der Waals surface area contributed by atoms with Crippen molar-refractivity contribution in [3.63, 3.8) is 0 Å². The van der Waals surface area contributed by atoms with Crippen molar-refractivity contribution >= 4 is 53.9 Å². The molecule has 1 aromatic heterocycles. The Kier molecular flexibility index (Phi) is 13.0. The monoisotopic (exact) mass is 656 g/mol. The Balaban J connectivity index is 1.59. The Labute approximate surface area is 257 Å². The van der Waals surface area contributed by atoms with Crippen LogP contribution in [0.2, 0.25) is 5.02 Å². The first-order valence-corrected chi connectivity index (χ1v) is 15.2. The highest BCUT2D eigenvalue weighted by Crippen LogP contribution is 2.41. The molecule has 16 heteroatoms. The molecular weight excluding hydrogens is 625 g/mol. The summed E-state index contributed by atoms with van der Waals surface area (Å²) in [4.78, 5) is 52.3. The number of nitrogens with one attached hydrogen (secondary N) is 2. The van der Waals surface area contributed by atoms with Crippen LogP contribution in [0, 0.1) is 11.6 Å². The van der Waals surface area contributed by atoms with Crippen molar-refractivity contribution in [2.24, 2.45) is 0 Å². The quantitative estimate of drug-likeness (QED) is 0.154. The Morgan fingerprint density at radius 2 is 1.93 bits per heavy atom. The molecule has 238 valence electrons. The van der Waals surface area contributed by atoms with Crippen LogP contribution in [0.3, 0.4) is 0 Å². The van der Waals surface area contributed by atoms with Crippen LogP contribution >= 0.6 is 19.4 Å². The number of aryl methyl sites for hydroxylation is 1. The third-order valence-corrected chi connectivity index (χ3v) is 7.87. The molecule has 12 nitrogen and oxygen atoms in total. The van der Waals surface area contributed by atoms with Gasteiger partial charge in [0, 0.05) is 38.7 Å². The topological polar surface area (TPSA) is 156 Å². The number of hydrogen-bond donors (Lipinski definition) is 3. The predicted molar refractivity (Wildman–Crippen MR) is 158 cm³/mol. The molecule has 0 aliphatic heterocycles. The number of anilines is 1. The molecular formula is C28H32ClF2N4O8P. The molecule has 0 saturated carbocycles. The van der Waals surface area contributed by atoms with Crippen LogP contribution in [0.4, 0.5) is 19.4 Å². The minimum atomic E-state index is -4.31. The van der Waals surface area contributed by atoms with Crippen molar-refractivity contribution in [2.45, 2.75) is 31.7 Å². The van der Waals surface area contributed by atoms with Crippen molar-refractivity contribution < 1.29 is 46.4 Å². The SMILES string of the molecule is COP(=O)(O)OCC(=O)NCCC[C@@H](COC(=O)Nc1cc2cc(F)ccc2cn1)N(C)C(=O)CCc1cccc(F)c1Cl. The molecule has 3 amide bonds. The van der Waals surface area contributed by atoms with E-state index in [1.54, 1.807) is 12.1 Å². The lowest BCUT2D eigenvalue weighted by atomic mass is 10.1. The summed E-state index contributed by atoms with van der Waals surface area (Å²) in [5.41, 5.74) is 0.467. The number of hydrogen-bond acceptors (Lipinski definition) is 8. The standard InChI is InChI=1S/C28H32ClF2N4O8P/c1-35(26(37)11-9-18-5-3-7-23(31)27(18)29)22(6-4-12-32-25(36)17-43-44(39,40)41-2)16-42-28(38)34-24-14-20-13-21(30)10-8-19(20)15-33-24/h3,5,7-8,10,13-15,22H,4,6,9,11-12,16-17H2,1-2H3,(H,32,36)(H,39,40)(H,33,34,38)/t22-/m0/s1. The highest BCUT2D eigenvalue weighted by atomic mass is 35.5. The van der Waals surface area contributed by atoms with E-state index in [0.29, 0.717) is 22.8 Å². The van der Waals surface area contributed by atoms with E-state index in [2.05, 4.69) is 24.7 Å². The first-order valence-electron chi connectivity index (χ1n) is 13.4. The number of carbonyl (C=O) groups is 3. The third kappa shape index (κ3) is 10.8. The number of aromatic nitrogens is 1. The number of benzene rings is 2. The number of phosphoric ester groups is 1. The molecule has 3 rings (SSSR count). The minimum absolute atomic E-state index is 0.00523. The van der Waals surface area contributed by atoms with Crippen LogP contribution in [0.25, 0.3) is 10.8 Å². The summed E-state index contributed by atoms with van der Waals surface area (Å²) >= 11 is 6.01. The van der Waals surface area contributed by atoms with Gasteiger partial charge in [-0.1, -0.05) is 23.7 Å². The maximum atomic E-state index is 13.8. The zero-order chi connectivity index (χ0) is 32.3. The van der Waals surface area contributed by atoms with Crippen LogP contribution < -0.4 is 10.6 Å². The number of halogens is 3. The van der Waals surface area contributed by atoms with Gasteiger partial charge in [0.2, 0.25) is 11.8 Å². The Morgan fingerprint density at radius 3 is 2.68 bits per heavy atom. The number of pyridine rings is 1. The van der Waals surface area contributed by atoms with Crippen molar-refractivity contribution in [2.75, 3.05) is 39.2 Å². The summed E-state index contributed by atoms with van der Waals surface area (Å²) in [7, 11) is -1.82. The van der Waals surface area contributed by atoms with Gasteiger partial charge in [0.1, 0.15) is 30.7 Å². The van der Waals surface area contributed by atoms with Crippen LogP contribution in [-0.2, 0) is 34.4 Å². The van der Waals surface area contributed by atoms with Gasteiger partial charge in [-0.25, -0.2) is 23.1 Å². The molecule has 0 aliphatic carbocycles. The largest absolute Gasteiger partial charge is 0.472 e. The first kappa shape index (κ1) is 34.8. The van der Waals surface area contributed by atoms with E-state index in [-0.39, 0.29) is 49.2 Å². The molecule has 0 spiro atoms. The van der Waals surface area contributed by atoms with E-state index in [1.165, 1.54) is 48.5 Å². The highest BCUT2D eigenvalue weighted by Gasteiger charge is 2.23. The molecule has 0 fully saturated rings. The second-order valence-electron chi connectivity index (χ2n) is 9.57. The van der Waals surface area contributed by atoms with Gasteiger partial charge in [0.25, 0.3) is 0 Å². The van der Waals surface area contributed by atoms with Crippen molar-refractivity contribution in [1.29, 1.82) is 0 Å². The summed E-state index contributed by atoms with van der Waals surface area (Å²) in [6.07, 6.45) is 1.39. The summed E-state index contributed by atoms with van der Waals surface area (Å²) in [5, 5.41) is 6.13. The molecule has 0 radical (unpaired) electrons. The summed E-state index contributed by atoms with van der Waals surface area (Å²) < 4.78 is 52.9. The van der Waals surface area contributed by atoms with E-state index < -0.39 is 44.1 Å². The second-order valence-corrected chi connectivity index (χ2v) is 11.5. The van der Waals surface area contributed by atoms with Gasteiger partial charge in [-0.15, -0.1) is 0 Å². The van der Waals surface area contributed by atoms with Gasteiger partial charge in [0.15, 0.2) is 0 Å². The Hall–Kier alpha value is -3.68. The molecule has 3 aromatic rings. The average molecular weight is 657 g/mol. The maximum Gasteiger partial charge on any atom is 0.472 e.